The van der Waals surface area contributed by atoms with E-state index in [0.29, 0.717) is 0 Å². The van der Waals surface area contributed by atoms with Gasteiger partial charge in [0.25, 0.3) is 0 Å². The Morgan fingerprint density at radius 1 is 1.00 bits per heavy atom. The summed E-state index contributed by atoms with van der Waals surface area (Å²) in [5.74, 6) is -0.182. The number of anilines is 1. The first-order valence-corrected chi connectivity index (χ1v) is 7.86. The maximum Gasteiger partial charge on any atom is 0.151 e. The van der Waals surface area contributed by atoms with E-state index in [1.165, 1.54) is 0 Å². The number of hydrogen-bond acceptors (Lipinski definition) is 3. The quantitative estimate of drug-likeness (QED) is 0.784. The van der Waals surface area contributed by atoms with Gasteiger partial charge in [0.2, 0.25) is 0 Å². The van der Waals surface area contributed by atoms with Crippen molar-refractivity contribution >= 4 is 17.3 Å². The minimum atomic E-state index is -0.505. The molecule has 1 aromatic rings. The summed E-state index contributed by atoms with van der Waals surface area (Å²) in [4.78, 5) is 27.4. The molecule has 2 atom stereocenters. The number of Topliss-reactive ketones (excluding diaryl/α,β-unsaturated/α-hetero) is 2. The molecule has 1 aromatic carbocycles. The van der Waals surface area contributed by atoms with Crippen LogP contribution in [0.4, 0.5) is 5.69 Å². The zero-order valence-corrected chi connectivity index (χ0v) is 13.1. The highest BCUT2D eigenvalue weighted by Crippen LogP contribution is 2.45. The first-order chi connectivity index (χ1) is 10.0. The van der Waals surface area contributed by atoms with Gasteiger partial charge in [-0.2, -0.15) is 0 Å². The maximum absolute atomic E-state index is 12.7. The molecule has 0 radical (unpaired) electrons. The van der Waals surface area contributed by atoms with Crippen LogP contribution in [0.1, 0.15) is 42.7 Å². The molecule has 0 bridgehead atoms. The number of carbonyl (C=O) groups excluding carboxylic acids is 2. The standard InChI is InChI=1S/C18H23NO2/c1-11-10-12(19(2)3)8-9-13(11)16-17(20)14-6-4-5-7-15(14)18(16)21/h8-10,14-16H,4-7H2,1-3H3. The van der Waals surface area contributed by atoms with Crippen molar-refractivity contribution in [2.45, 2.75) is 38.5 Å². The van der Waals surface area contributed by atoms with E-state index in [2.05, 4.69) is 6.07 Å². The smallest absolute Gasteiger partial charge is 0.151 e. The number of hydrogen-bond donors (Lipinski definition) is 0. The third-order valence-electron chi connectivity index (χ3n) is 5.15. The van der Waals surface area contributed by atoms with Crippen LogP contribution < -0.4 is 4.90 Å². The van der Waals surface area contributed by atoms with Crippen LogP contribution in [0.5, 0.6) is 0 Å². The van der Waals surface area contributed by atoms with Gasteiger partial charge in [-0.15, -0.1) is 0 Å². The fraction of sp³-hybridized carbons (Fsp3) is 0.556. The number of aryl methyl sites for hydroxylation is 1. The van der Waals surface area contributed by atoms with Crippen LogP contribution in [0.15, 0.2) is 18.2 Å². The van der Waals surface area contributed by atoms with Gasteiger partial charge in [0.05, 0.1) is 0 Å². The van der Waals surface area contributed by atoms with E-state index < -0.39 is 5.92 Å². The molecular weight excluding hydrogens is 262 g/mol. The number of rotatable bonds is 2. The van der Waals surface area contributed by atoms with Gasteiger partial charge in [0.15, 0.2) is 11.6 Å². The molecule has 2 fully saturated rings. The van der Waals surface area contributed by atoms with Crippen LogP contribution in [-0.2, 0) is 9.59 Å². The molecule has 0 spiro atoms. The van der Waals surface area contributed by atoms with Gasteiger partial charge >= 0.3 is 0 Å². The van der Waals surface area contributed by atoms with E-state index in [1.54, 1.807) is 0 Å². The number of fused-ring (bicyclic) bond motifs is 1. The van der Waals surface area contributed by atoms with Crippen LogP contribution in [0.2, 0.25) is 0 Å². The second kappa shape index (κ2) is 5.28. The summed E-state index contributed by atoms with van der Waals surface area (Å²) >= 11 is 0. The highest BCUT2D eigenvalue weighted by Gasteiger charge is 2.50. The molecule has 3 rings (SSSR count). The van der Waals surface area contributed by atoms with Gasteiger partial charge in [0, 0.05) is 31.6 Å². The van der Waals surface area contributed by atoms with Crippen molar-refractivity contribution in [1.29, 1.82) is 0 Å². The minimum Gasteiger partial charge on any atom is -0.378 e. The number of carbonyl (C=O) groups is 2. The Morgan fingerprint density at radius 3 is 2.05 bits per heavy atom. The van der Waals surface area contributed by atoms with Gasteiger partial charge in [0.1, 0.15) is 5.92 Å². The number of ketones is 2. The molecule has 0 aromatic heterocycles. The minimum absolute atomic E-state index is 0.0100. The predicted molar refractivity (Wildman–Crippen MR) is 83.7 cm³/mol. The lowest BCUT2D eigenvalue weighted by atomic mass is 9.81. The van der Waals surface area contributed by atoms with Crippen molar-refractivity contribution in [2.24, 2.45) is 11.8 Å². The molecule has 3 nitrogen and oxygen atoms in total. The van der Waals surface area contributed by atoms with Gasteiger partial charge in [-0.05, 0) is 43.0 Å². The lowest BCUT2D eigenvalue weighted by molar-refractivity contribution is -0.125. The first-order valence-electron chi connectivity index (χ1n) is 7.86. The molecule has 0 aliphatic heterocycles. The highest BCUT2D eigenvalue weighted by atomic mass is 16.2. The lowest BCUT2D eigenvalue weighted by Gasteiger charge is -2.21. The molecule has 2 saturated carbocycles. The molecule has 21 heavy (non-hydrogen) atoms. The Kier molecular flexibility index (Phi) is 3.60. The van der Waals surface area contributed by atoms with E-state index >= 15 is 0 Å². The Hall–Kier alpha value is -1.64. The first kappa shape index (κ1) is 14.3. The van der Waals surface area contributed by atoms with Crippen LogP contribution in [0.25, 0.3) is 0 Å². The van der Waals surface area contributed by atoms with E-state index in [1.807, 2.05) is 38.1 Å². The molecule has 0 saturated heterocycles. The summed E-state index contributed by atoms with van der Waals surface area (Å²) < 4.78 is 0. The van der Waals surface area contributed by atoms with Crippen LogP contribution >= 0.6 is 0 Å². The Labute approximate surface area is 126 Å². The lowest BCUT2D eigenvalue weighted by Crippen LogP contribution is -2.21. The molecule has 0 amide bonds. The molecule has 2 unspecified atom stereocenters. The second-order valence-electron chi connectivity index (χ2n) is 6.67. The van der Waals surface area contributed by atoms with Gasteiger partial charge < -0.3 is 4.90 Å². The van der Waals surface area contributed by atoms with Crippen molar-refractivity contribution in [3.05, 3.63) is 29.3 Å². The summed E-state index contributed by atoms with van der Waals surface area (Å²) in [5, 5.41) is 0. The van der Waals surface area contributed by atoms with Crippen LogP contribution in [-0.4, -0.2) is 25.7 Å². The third-order valence-corrected chi connectivity index (χ3v) is 5.15. The van der Waals surface area contributed by atoms with E-state index in [9.17, 15) is 9.59 Å². The zero-order chi connectivity index (χ0) is 15.1. The van der Waals surface area contributed by atoms with E-state index in [0.717, 1.165) is 42.5 Å². The maximum atomic E-state index is 12.7. The topological polar surface area (TPSA) is 37.4 Å². The van der Waals surface area contributed by atoms with Crippen molar-refractivity contribution in [2.75, 3.05) is 19.0 Å². The average molecular weight is 285 g/mol. The normalized spacial score (nSPS) is 28.6. The summed E-state index contributed by atoms with van der Waals surface area (Å²) in [6, 6.07) is 6.05. The van der Waals surface area contributed by atoms with Crippen molar-refractivity contribution < 1.29 is 9.59 Å². The predicted octanol–water partition coefficient (Wildman–Crippen LogP) is 3.10. The van der Waals surface area contributed by atoms with E-state index in [-0.39, 0.29) is 23.4 Å². The van der Waals surface area contributed by atoms with Crippen LogP contribution in [0.3, 0.4) is 0 Å². The van der Waals surface area contributed by atoms with Crippen molar-refractivity contribution in [1.82, 2.24) is 0 Å². The summed E-state index contributed by atoms with van der Waals surface area (Å²) in [7, 11) is 3.99. The molecular formula is C18H23NO2. The van der Waals surface area contributed by atoms with Gasteiger partial charge in [-0.1, -0.05) is 18.9 Å². The summed E-state index contributed by atoms with van der Waals surface area (Å²) in [5.41, 5.74) is 3.07. The molecule has 3 heteroatoms. The molecule has 0 heterocycles. The van der Waals surface area contributed by atoms with Gasteiger partial charge in [-0.3, -0.25) is 9.59 Å². The summed E-state index contributed by atoms with van der Waals surface area (Å²) in [6.07, 6.45) is 3.98. The average Bonchev–Trinajstić information content (AvgIpc) is 2.72. The Bertz CT molecular complexity index is 567. The molecule has 0 N–H and O–H groups in total. The molecule has 112 valence electrons. The van der Waals surface area contributed by atoms with E-state index in [4.69, 9.17) is 0 Å². The fourth-order valence-electron chi connectivity index (χ4n) is 3.95. The van der Waals surface area contributed by atoms with Crippen LogP contribution in [0, 0.1) is 18.8 Å². The fourth-order valence-corrected chi connectivity index (χ4v) is 3.95. The van der Waals surface area contributed by atoms with Crippen molar-refractivity contribution in [3.63, 3.8) is 0 Å². The second-order valence-corrected chi connectivity index (χ2v) is 6.67. The Balaban J connectivity index is 1.96. The SMILES string of the molecule is Cc1cc(N(C)C)ccc1C1C(=O)C2CCCCC2C1=O. The highest BCUT2D eigenvalue weighted by molar-refractivity contribution is 6.16. The Morgan fingerprint density at radius 2 is 1.57 bits per heavy atom. The van der Waals surface area contributed by atoms with Gasteiger partial charge in [-0.25, -0.2) is 0 Å². The molecule has 2 aliphatic carbocycles. The monoisotopic (exact) mass is 285 g/mol. The summed E-state index contributed by atoms with van der Waals surface area (Å²) in [6.45, 7) is 2.00. The largest absolute Gasteiger partial charge is 0.378 e. The number of nitrogens with zero attached hydrogens (tertiary/aromatic N) is 1. The third kappa shape index (κ3) is 2.29. The molecule has 2 aliphatic rings. The number of benzene rings is 1. The zero-order valence-electron chi connectivity index (χ0n) is 13.1. The van der Waals surface area contributed by atoms with Crippen molar-refractivity contribution in [3.8, 4) is 0 Å².